The van der Waals surface area contributed by atoms with Gasteiger partial charge in [0.05, 0.1) is 19.0 Å². The van der Waals surface area contributed by atoms with Crippen molar-refractivity contribution in [2.24, 2.45) is 0 Å². The van der Waals surface area contributed by atoms with Gasteiger partial charge >= 0.3 is 43.7 Å². The summed E-state index contributed by atoms with van der Waals surface area (Å²) >= 11 is 0. The Labute approximate surface area is 223 Å². The number of carbonyl (C=O) groups is 3. The van der Waals surface area contributed by atoms with Gasteiger partial charge in [-0.1, -0.05) is 103 Å². The van der Waals surface area contributed by atoms with E-state index in [0.29, 0.717) is 6.42 Å². The fourth-order valence-corrected chi connectivity index (χ4v) is 3.57. The number of rotatable bonds is 22. The van der Waals surface area contributed by atoms with Crippen molar-refractivity contribution in [2.75, 3.05) is 6.61 Å². The summed E-state index contributed by atoms with van der Waals surface area (Å²) in [5, 5.41) is 31.1. The van der Waals surface area contributed by atoms with Gasteiger partial charge < -0.3 is 29.6 Å². The Balaban J connectivity index is 0. The van der Waals surface area contributed by atoms with Gasteiger partial charge in [-0.3, -0.25) is 4.79 Å². The summed E-state index contributed by atoms with van der Waals surface area (Å²) in [7, 11) is 0. The van der Waals surface area contributed by atoms with E-state index in [1.54, 1.807) is 0 Å². The number of hydrogen-bond acceptors (Lipinski definition) is 7. The predicted molar refractivity (Wildman–Crippen MR) is 120 cm³/mol. The van der Waals surface area contributed by atoms with Crippen LogP contribution in [0.2, 0.25) is 0 Å². The van der Waals surface area contributed by atoms with E-state index in [-0.39, 0.29) is 44.3 Å². The van der Waals surface area contributed by atoms with Crippen LogP contribution in [0.1, 0.15) is 122 Å². The standard InChI is InChI=1S/C24H44O7.Ca/c1-2-3-4-5-6-7-8-9-10-11-12-13-14-15-16-17-18-31-22(27)20-24(30,23(28)29)19-21(25)26;/h30H,2-20H2,1H3,(H,25,26)(H,28,29);/q;+2/p-2. The molecule has 8 heteroatoms. The fourth-order valence-electron chi connectivity index (χ4n) is 3.57. The summed E-state index contributed by atoms with van der Waals surface area (Å²) in [5.74, 6) is -4.78. The quantitative estimate of drug-likeness (QED) is 0.143. The van der Waals surface area contributed by atoms with Crippen LogP contribution in [0, 0.1) is 0 Å². The van der Waals surface area contributed by atoms with Crippen molar-refractivity contribution in [2.45, 2.75) is 128 Å². The van der Waals surface area contributed by atoms with Gasteiger partial charge in [0.25, 0.3) is 0 Å². The second-order valence-electron chi connectivity index (χ2n) is 8.57. The topological polar surface area (TPSA) is 127 Å². The van der Waals surface area contributed by atoms with Crippen molar-refractivity contribution < 1.29 is 34.4 Å². The largest absolute Gasteiger partial charge is 2.00 e. The summed E-state index contributed by atoms with van der Waals surface area (Å²) in [6.45, 7) is 2.36. The number of unbranched alkanes of at least 4 members (excludes halogenated alkanes) is 15. The summed E-state index contributed by atoms with van der Waals surface area (Å²) in [4.78, 5) is 33.0. The van der Waals surface area contributed by atoms with Crippen molar-refractivity contribution in [3.05, 3.63) is 0 Å². The number of aliphatic carboxylic acids is 2. The summed E-state index contributed by atoms with van der Waals surface area (Å²) in [6.07, 6.45) is 17.5. The number of ether oxygens (including phenoxy) is 1. The third kappa shape index (κ3) is 20.3. The van der Waals surface area contributed by atoms with Crippen LogP contribution in [0.15, 0.2) is 0 Å². The van der Waals surface area contributed by atoms with Crippen molar-refractivity contribution in [1.29, 1.82) is 0 Å². The summed E-state index contributed by atoms with van der Waals surface area (Å²) < 4.78 is 4.89. The predicted octanol–water partition coefficient (Wildman–Crippen LogP) is 2.42. The van der Waals surface area contributed by atoms with E-state index in [1.807, 2.05) is 0 Å². The van der Waals surface area contributed by atoms with Gasteiger partial charge in [-0.25, -0.2) is 0 Å². The Morgan fingerprint density at radius 3 is 1.41 bits per heavy atom. The molecular formula is C24H42CaO7. The molecule has 0 saturated heterocycles. The minimum Gasteiger partial charge on any atom is -0.550 e. The van der Waals surface area contributed by atoms with E-state index >= 15 is 0 Å². The van der Waals surface area contributed by atoms with Crippen LogP contribution in [-0.4, -0.2) is 73.0 Å². The first-order valence-corrected chi connectivity index (χ1v) is 12.1. The molecule has 0 aromatic heterocycles. The molecule has 0 amide bonds. The molecule has 0 aliphatic rings. The smallest absolute Gasteiger partial charge is 0.550 e. The number of carboxylic acids is 2. The van der Waals surface area contributed by atoms with Crippen LogP contribution in [0.5, 0.6) is 0 Å². The zero-order valence-electron chi connectivity index (χ0n) is 20.0. The molecule has 0 aromatic rings. The Kier molecular flexibility index (Phi) is 23.7. The first-order chi connectivity index (χ1) is 14.8. The monoisotopic (exact) mass is 482 g/mol. The van der Waals surface area contributed by atoms with Crippen LogP contribution in [0.25, 0.3) is 0 Å². The van der Waals surface area contributed by atoms with Gasteiger partial charge in [0.2, 0.25) is 0 Å². The molecule has 0 bridgehead atoms. The molecule has 0 saturated carbocycles. The molecule has 1 N–H and O–H groups in total. The third-order valence-electron chi connectivity index (χ3n) is 5.51. The molecular weight excluding hydrogens is 440 g/mol. The zero-order valence-corrected chi connectivity index (χ0v) is 22.2. The van der Waals surface area contributed by atoms with Crippen molar-refractivity contribution in [1.82, 2.24) is 0 Å². The van der Waals surface area contributed by atoms with Gasteiger partial charge in [0.15, 0.2) is 0 Å². The van der Waals surface area contributed by atoms with Crippen LogP contribution in [0.4, 0.5) is 0 Å². The minimum absolute atomic E-state index is 0. The second kappa shape index (κ2) is 22.4. The number of hydrogen-bond donors (Lipinski definition) is 1. The molecule has 0 radical (unpaired) electrons. The van der Waals surface area contributed by atoms with E-state index in [0.717, 1.165) is 19.3 Å². The molecule has 0 spiro atoms. The molecule has 0 aliphatic carbocycles. The summed E-state index contributed by atoms with van der Waals surface area (Å²) in [6, 6.07) is 0. The molecule has 32 heavy (non-hydrogen) atoms. The van der Waals surface area contributed by atoms with E-state index in [9.17, 15) is 29.7 Å². The molecule has 0 fully saturated rings. The molecule has 0 rings (SSSR count). The maximum atomic E-state index is 11.6. The molecule has 7 nitrogen and oxygen atoms in total. The number of esters is 1. The third-order valence-corrected chi connectivity index (χ3v) is 5.51. The van der Waals surface area contributed by atoms with Crippen molar-refractivity contribution >= 4 is 55.6 Å². The maximum Gasteiger partial charge on any atom is 2.00 e. The Bertz CT molecular complexity index is 499. The van der Waals surface area contributed by atoms with Crippen LogP contribution >= 0.6 is 0 Å². The number of carboxylic acid groups (broad SMARTS) is 2. The zero-order chi connectivity index (χ0) is 23.4. The second-order valence-corrected chi connectivity index (χ2v) is 8.57. The van der Waals surface area contributed by atoms with Crippen LogP contribution in [0.3, 0.4) is 0 Å². The molecule has 1 unspecified atom stereocenters. The molecule has 182 valence electrons. The molecule has 1 atom stereocenters. The fraction of sp³-hybridized carbons (Fsp3) is 0.875. The Morgan fingerprint density at radius 1 is 0.688 bits per heavy atom. The summed E-state index contributed by atoms with van der Waals surface area (Å²) in [5.41, 5.74) is -2.80. The van der Waals surface area contributed by atoms with Gasteiger partial charge in [-0.05, 0) is 6.42 Å². The van der Waals surface area contributed by atoms with E-state index in [2.05, 4.69) is 6.92 Å². The number of carbonyl (C=O) groups excluding carboxylic acids is 3. The maximum absolute atomic E-state index is 11.6. The molecule has 0 heterocycles. The number of aliphatic hydroxyl groups is 1. The normalized spacial score (nSPS) is 12.6. The van der Waals surface area contributed by atoms with Crippen LogP contribution in [-0.2, 0) is 19.1 Å². The van der Waals surface area contributed by atoms with E-state index in [4.69, 9.17) is 4.74 Å². The first kappa shape index (κ1) is 33.8. The van der Waals surface area contributed by atoms with Crippen molar-refractivity contribution in [3.63, 3.8) is 0 Å². The SMILES string of the molecule is CCCCCCCCCCCCCCCCCCOC(=O)CC(O)(CC(=O)[O-])C(=O)[O-].[Ca+2]. The van der Waals surface area contributed by atoms with E-state index < -0.39 is 36.4 Å². The van der Waals surface area contributed by atoms with E-state index in [1.165, 1.54) is 77.0 Å². The van der Waals surface area contributed by atoms with Gasteiger partial charge in [0.1, 0.15) is 5.60 Å². The Hall–Kier alpha value is -0.370. The Morgan fingerprint density at radius 2 is 1.06 bits per heavy atom. The van der Waals surface area contributed by atoms with Gasteiger partial charge in [0, 0.05) is 12.4 Å². The van der Waals surface area contributed by atoms with Crippen LogP contribution < -0.4 is 10.2 Å². The van der Waals surface area contributed by atoms with Gasteiger partial charge in [-0.15, -0.1) is 0 Å². The first-order valence-electron chi connectivity index (χ1n) is 12.1. The van der Waals surface area contributed by atoms with Crippen molar-refractivity contribution in [3.8, 4) is 0 Å². The molecule has 0 aromatic carbocycles. The average Bonchev–Trinajstić information content (AvgIpc) is 2.69. The minimum atomic E-state index is -2.80. The molecule has 0 aliphatic heterocycles. The average molecular weight is 483 g/mol. The van der Waals surface area contributed by atoms with Gasteiger partial charge in [-0.2, -0.15) is 0 Å².